The summed E-state index contributed by atoms with van der Waals surface area (Å²) in [5, 5.41) is 3.85. The first-order chi connectivity index (χ1) is 9.60. The summed E-state index contributed by atoms with van der Waals surface area (Å²) in [4.78, 5) is 25.6. The topological polar surface area (TPSA) is 72.6 Å². The van der Waals surface area contributed by atoms with Crippen molar-refractivity contribution in [3.8, 4) is 0 Å². The van der Waals surface area contributed by atoms with Crippen molar-refractivity contribution >= 4 is 11.9 Å². The number of likely N-dealkylation sites (tertiary alicyclic amines) is 1. The zero-order valence-corrected chi connectivity index (χ0v) is 11.7. The molecule has 6 nitrogen and oxygen atoms in total. The Balaban J connectivity index is 1.69. The molecule has 0 radical (unpaired) electrons. The predicted molar refractivity (Wildman–Crippen MR) is 69.1 cm³/mol. The quantitative estimate of drug-likeness (QED) is 0.782. The second kappa shape index (κ2) is 4.92. The third kappa shape index (κ3) is 2.30. The van der Waals surface area contributed by atoms with E-state index in [0.717, 1.165) is 18.6 Å². The monoisotopic (exact) mass is 278 g/mol. The summed E-state index contributed by atoms with van der Waals surface area (Å²) in [6.45, 7) is 2.88. The Hall–Kier alpha value is -1.85. The first kappa shape index (κ1) is 13.1. The Morgan fingerprint density at radius 1 is 1.40 bits per heavy atom. The molecule has 1 aromatic heterocycles. The number of rotatable bonds is 3. The summed E-state index contributed by atoms with van der Waals surface area (Å²) in [6, 6.07) is 1.73. The molecule has 3 rings (SSSR count). The van der Waals surface area contributed by atoms with Crippen LogP contribution in [0.25, 0.3) is 0 Å². The van der Waals surface area contributed by atoms with E-state index in [4.69, 9.17) is 9.26 Å². The predicted octanol–water partition coefficient (Wildman–Crippen LogP) is 1.43. The molecule has 0 aromatic carbocycles. The molecule has 1 aliphatic carbocycles. The van der Waals surface area contributed by atoms with Gasteiger partial charge in [-0.05, 0) is 18.8 Å². The van der Waals surface area contributed by atoms with E-state index >= 15 is 0 Å². The number of methoxy groups -OCH3 is 1. The van der Waals surface area contributed by atoms with Gasteiger partial charge in [0.25, 0.3) is 5.91 Å². The minimum atomic E-state index is -0.258. The van der Waals surface area contributed by atoms with E-state index in [1.165, 1.54) is 7.11 Å². The molecule has 1 aliphatic heterocycles. The van der Waals surface area contributed by atoms with Gasteiger partial charge in [0, 0.05) is 25.1 Å². The van der Waals surface area contributed by atoms with Gasteiger partial charge in [-0.3, -0.25) is 9.59 Å². The van der Waals surface area contributed by atoms with E-state index in [-0.39, 0.29) is 23.7 Å². The van der Waals surface area contributed by atoms with Gasteiger partial charge in [0.05, 0.1) is 13.0 Å². The van der Waals surface area contributed by atoms with E-state index in [0.29, 0.717) is 24.7 Å². The Labute approximate surface area is 117 Å². The molecule has 2 fully saturated rings. The zero-order valence-electron chi connectivity index (χ0n) is 11.7. The van der Waals surface area contributed by atoms with E-state index in [9.17, 15) is 9.59 Å². The number of nitrogens with zero attached hydrogens (tertiary/aromatic N) is 2. The van der Waals surface area contributed by atoms with Gasteiger partial charge in [-0.2, -0.15) is 0 Å². The number of hydrogen-bond acceptors (Lipinski definition) is 5. The lowest BCUT2D eigenvalue weighted by Crippen LogP contribution is -2.30. The summed E-state index contributed by atoms with van der Waals surface area (Å²) in [5.74, 6) is 0.653. The molecule has 0 N–H and O–H groups in total. The highest BCUT2D eigenvalue weighted by Crippen LogP contribution is 2.40. The van der Waals surface area contributed by atoms with Gasteiger partial charge in [-0.1, -0.05) is 12.1 Å². The second-order valence-electron chi connectivity index (χ2n) is 5.71. The van der Waals surface area contributed by atoms with Crippen molar-refractivity contribution < 1.29 is 18.8 Å². The van der Waals surface area contributed by atoms with E-state index in [2.05, 4.69) is 5.16 Å². The van der Waals surface area contributed by atoms with Crippen LogP contribution in [0.2, 0.25) is 0 Å². The molecular weight excluding hydrogens is 260 g/mol. The number of amides is 1. The largest absolute Gasteiger partial charge is 0.469 e. The summed E-state index contributed by atoms with van der Waals surface area (Å²) >= 11 is 0. The first-order valence-electron chi connectivity index (χ1n) is 6.94. The fraction of sp³-hybridized carbons (Fsp3) is 0.643. The lowest BCUT2D eigenvalue weighted by Gasteiger charge is -2.13. The molecule has 1 saturated carbocycles. The molecular formula is C14H18N2O4. The van der Waals surface area contributed by atoms with E-state index in [1.807, 2.05) is 6.92 Å². The van der Waals surface area contributed by atoms with Crippen molar-refractivity contribution in [3.05, 3.63) is 17.5 Å². The maximum atomic E-state index is 12.4. The van der Waals surface area contributed by atoms with Gasteiger partial charge in [0.1, 0.15) is 5.76 Å². The molecule has 0 spiro atoms. The first-order valence-corrected chi connectivity index (χ1v) is 6.94. The molecule has 2 unspecified atom stereocenters. The molecule has 6 heteroatoms. The highest BCUT2D eigenvalue weighted by Gasteiger charge is 2.39. The van der Waals surface area contributed by atoms with Crippen LogP contribution in [0.1, 0.15) is 41.9 Å². The summed E-state index contributed by atoms with van der Waals surface area (Å²) in [7, 11) is 1.37. The van der Waals surface area contributed by atoms with Crippen LogP contribution < -0.4 is 0 Å². The minimum Gasteiger partial charge on any atom is -0.469 e. The second-order valence-corrected chi connectivity index (χ2v) is 5.71. The van der Waals surface area contributed by atoms with Gasteiger partial charge in [-0.25, -0.2) is 0 Å². The van der Waals surface area contributed by atoms with Crippen LogP contribution in [0.3, 0.4) is 0 Å². The average molecular weight is 278 g/mol. The van der Waals surface area contributed by atoms with Gasteiger partial charge >= 0.3 is 5.97 Å². The smallest absolute Gasteiger partial charge is 0.310 e. The molecule has 2 heterocycles. The van der Waals surface area contributed by atoms with Crippen LogP contribution in [0.4, 0.5) is 0 Å². The SMILES string of the molecule is COC(=O)C1CN(C(=O)c2cc(C3CC3)on2)CC1C. The van der Waals surface area contributed by atoms with Crippen molar-refractivity contribution in [2.24, 2.45) is 11.8 Å². The zero-order chi connectivity index (χ0) is 14.3. The normalized spacial score (nSPS) is 25.8. The fourth-order valence-corrected chi connectivity index (χ4v) is 2.70. The van der Waals surface area contributed by atoms with Gasteiger partial charge in [-0.15, -0.1) is 0 Å². The number of hydrogen-bond donors (Lipinski definition) is 0. The molecule has 1 amide bonds. The molecule has 1 saturated heterocycles. The van der Waals surface area contributed by atoms with Crippen molar-refractivity contribution in [1.82, 2.24) is 10.1 Å². The molecule has 0 bridgehead atoms. The number of esters is 1. The summed E-state index contributed by atoms with van der Waals surface area (Å²) in [6.07, 6.45) is 2.21. The maximum absolute atomic E-state index is 12.4. The molecule has 2 aliphatic rings. The van der Waals surface area contributed by atoms with E-state index in [1.54, 1.807) is 11.0 Å². The van der Waals surface area contributed by atoms with Crippen LogP contribution >= 0.6 is 0 Å². The van der Waals surface area contributed by atoms with Crippen LogP contribution in [0, 0.1) is 11.8 Å². The highest BCUT2D eigenvalue weighted by atomic mass is 16.5. The molecule has 2 atom stereocenters. The number of aromatic nitrogens is 1. The minimum absolute atomic E-state index is 0.0983. The van der Waals surface area contributed by atoms with Crippen molar-refractivity contribution in [2.45, 2.75) is 25.7 Å². The van der Waals surface area contributed by atoms with Gasteiger partial charge in [0.15, 0.2) is 5.69 Å². The molecule has 108 valence electrons. The van der Waals surface area contributed by atoms with Gasteiger partial charge in [0.2, 0.25) is 0 Å². The third-order valence-corrected chi connectivity index (χ3v) is 4.13. The van der Waals surface area contributed by atoms with Crippen LogP contribution in [-0.2, 0) is 9.53 Å². The molecule has 1 aromatic rings. The van der Waals surface area contributed by atoms with Crippen LogP contribution in [-0.4, -0.2) is 42.1 Å². The van der Waals surface area contributed by atoms with Crippen molar-refractivity contribution in [2.75, 3.05) is 20.2 Å². The maximum Gasteiger partial charge on any atom is 0.310 e. The third-order valence-electron chi connectivity index (χ3n) is 4.13. The lowest BCUT2D eigenvalue weighted by atomic mass is 9.99. The summed E-state index contributed by atoms with van der Waals surface area (Å²) < 4.78 is 9.97. The van der Waals surface area contributed by atoms with Crippen molar-refractivity contribution in [3.63, 3.8) is 0 Å². The van der Waals surface area contributed by atoms with Crippen LogP contribution in [0.5, 0.6) is 0 Å². The number of carbonyl (C=O) groups is 2. The Kier molecular flexibility index (Phi) is 3.23. The Bertz CT molecular complexity index is 535. The lowest BCUT2D eigenvalue weighted by molar-refractivity contribution is -0.146. The number of carbonyl (C=O) groups excluding carboxylic acids is 2. The van der Waals surface area contributed by atoms with Crippen LogP contribution in [0.15, 0.2) is 10.6 Å². The highest BCUT2D eigenvalue weighted by molar-refractivity contribution is 5.93. The van der Waals surface area contributed by atoms with E-state index < -0.39 is 0 Å². The Morgan fingerprint density at radius 3 is 2.80 bits per heavy atom. The van der Waals surface area contributed by atoms with Crippen molar-refractivity contribution in [1.29, 1.82) is 0 Å². The fourth-order valence-electron chi connectivity index (χ4n) is 2.70. The van der Waals surface area contributed by atoms with Gasteiger partial charge < -0.3 is 14.2 Å². The number of ether oxygens (including phenoxy) is 1. The average Bonchev–Trinajstić information content (AvgIpc) is 3.05. The standard InChI is InChI=1S/C14H18N2O4/c1-8-6-16(7-10(8)14(18)19-2)13(17)11-5-12(20-15-11)9-3-4-9/h5,8-10H,3-4,6-7H2,1-2H3. The molecule has 20 heavy (non-hydrogen) atoms. The Morgan fingerprint density at radius 2 is 2.15 bits per heavy atom. The summed E-state index contributed by atoms with van der Waals surface area (Å²) in [5.41, 5.74) is 0.338.